The normalized spacial score (nSPS) is 15.3. The summed E-state index contributed by atoms with van der Waals surface area (Å²) < 4.78 is 0. The van der Waals surface area contributed by atoms with Gasteiger partial charge in [-0.15, -0.1) is 0 Å². The molecule has 0 aromatic rings. The number of hydrogen-bond donors (Lipinski definition) is 3. The van der Waals surface area contributed by atoms with Gasteiger partial charge >= 0.3 is 0 Å². The predicted octanol–water partition coefficient (Wildman–Crippen LogP) is 0.247. The number of amides is 1. The Kier molecular flexibility index (Phi) is 6.49. The van der Waals surface area contributed by atoms with Crippen molar-refractivity contribution in [3.05, 3.63) is 0 Å². The first-order valence-electron chi connectivity index (χ1n) is 5.20. The summed E-state index contributed by atoms with van der Waals surface area (Å²) in [4.78, 5) is 11.3. The van der Waals surface area contributed by atoms with Gasteiger partial charge in [0.25, 0.3) is 0 Å². The number of aliphatic hydroxyl groups excluding tert-OH is 1. The number of nitrogens with one attached hydrogen (secondary N) is 1. The fourth-order valence-electron chi connectivity index (χ4n) is 1.07. The average molecular weight is 202 g/mol. The Labute approximate surface area is 85.9 Å². The van der Waals surface area contributed by atoms with Crippen LogP contribution in [0.2, 0.25) is 0 Å². The van der Waals surface area contributed by atoms with Gasteiger partial charge < -0.3 is 16.2 Å². The van der Waals surface area contributed by atoms with Gasteiger partial charge in [0, 0.05) is 6.54 Å². The number of carbonyl (C=O) groups is 1. The highest BCUT2D eigenvalue weighted by atomic mass is 16.3. The summed E-state index contributed by atoms with van der Waals surface area (Å²) in [5.74, 6) is -0.0616. The lowest BCUT2D eigenvalue weighted by molar-refractivity contribution is -0.123. The lowest BCUT2D eigenvalue weighted by Crippen LogP contribution is -2.46. The number of carbonyl (C=O) groups excluding carboxylic acids is 1. The summed E-state index contributed by atoms with van der Waals surface area (Å²) in [5, 5.41) is 12.0. The Morgan fingerprint density at radius 3 is 2.50 bits per heavy atom. The van der Waals surface area contributed by atoms with Gasteiger partial charge in [-0.3, -0.25) is 4.79 Å². The lowest BCUT2D eigenvalue weighted by Gasteiger charge is -2.17. The molecule has 0 rings (SSSR count). The van der Waals surface area contributed by atoms with Gasteiger partial charge in [0.2, 0.25) is 5.91 Å². The smallest absolute Gasteiger partial charge is 0.237 e. The second-order valence-corrected chi connectivity index (χ2v) is 3.96. The molecule has 0 aliphatic rings. The maximum Gasteiger partial charge on any atom is 0.237 e. The lowest BCUT2D eigenvalue weighted by atomic mass is 10.0. The van der Waals surface area contributed by atoms with E-state index in [2.05, 4.69) is 5.32 Å². The van der Waals surface area contributed by atoms with Crippen molar-refractivity contribution in [1.82, 2.24) is 5.32 Å². The molecule has 0 heterocycles. The molecule has 0 aromatic heterocycles. The van der Waals surface area contributed by atoms with Gasteiger partial charge in [-0.25, -0.2) is 0 Å². The van der Waals surface area contributed by atoms with E-state index in [0.29, 0.717) is 13.0 Å². The van der Waals surface area contributed by atoms with Crippen LogP contribution in [0.4, 0.5) is 0 Å². The van der Waals surface area contributed by atoms with Crippen molar-refractivity contribution in [1.29, 1.82) is 0 Å². The summed E-state index contributed by atoms with van der Waals surface area (Å²) in [5.41, 5.74) is 5.63. The monoisotopic (exact) mass is 202 g/mol. The van der Waals surface area contributed by atoms with Crippen molar-refractivity contribution in [2.75, 3.05) is 6.54 Å². The number of nitrogens with two attached hydrogens (primary N) is 1. The molecule has 0 saturated heterocycles. The van der Waals surface area contributed by atoms with Crippen molar-refractivity contribution in [3.63, 3.8) is 0 Å². The van der Waals surface area contributed by atoms with E-state index in [1.165, 1.54) is 0 Å². The van der Waals surface area contributed by atoms with Gasteiger partial charge in [-0.2, -0.15) is 0 Å². The molecule has 0 bridgehead atoms. The minimum Gasteiger partial charge on any atom is -0.391 e. The molecule has 2 atom stereocenters. The third-order valence-electron chi connectivity index (χ3n) is 2.15. The van der Waals surface area contributed by atoms with Gasteiger partial charge in [0.05, 0.1) is 12.1 Å². The van der Waals surface area contributed by atoms with Gasteiger partial charge in [0.1, 0.15) is 0 Å². The molecule has 0 spiro atoms. The van der Waals surface area contributed by atoms with Crippen LogP contribution in [0.5, 0.6) is 0 Å². The van der Waals surface area contributed by atoms with Crippen LogP contribution in [0.15, 0.2) is 0 Å². The van der Waals surface area contributed by atoms with E-state index < -0.39 is 12.1 Å². The zero-order valence-corrected chi connectivity index (χ0v) is 9.29. The Morgan fingerprint density at radius 1 is 1.50 bits per heavy atom. The number of aliphatic hydroxyl groups is 1. The Hall–Kier alpha value is -0.610. The maximum atomic E-state index is 11.3. The third kappa shape index (κ3) is 5.19. The molecule has 14 heavy (non-hydrogen) atoms. The molecule has 4 nitrogen and oxygen atoms in total. The molecule has 0 aromatic carbocycles. The summed E-state index contributed by atoms with van der Waals surface area (Å²) in [6, 6.07) is -0.483. The number of rotatable bonds is 6. The second kappa shape index (κ2) is 6.79. The minimum atomic E-state index is -0.483. The van der Waals surface area contributed by atoms with Gasteiger partial charge in [0.15, 0.2) is 0 Å². The van der Waals surface area contributed by atoms with E-state index in [1.54, 1.807) is 0 Å². The third-order valence-corrected chi connectivity index (χ3v) is 2.15. The van der Waals surface area contributed by atoms with E-state index in [9.17, 15) is 9.90 Å². The summed E-state index contributed by atoms with van der Waals surface area (Å²) in [7, 11) is 0. The van der Waals surface area contributed by atoms with Gasteiger partial charge in [-0.05, 0) is 12.3 Å². The highest BCUT2D eigenvalue weighted by Crippen LogP contribution is 1.98. The summed E-state index contributed by atoms with van der Waals surface area (Å²) in [6.45, 7) is 6.08. The van der Waals surface area contributed by atoms with Crippen LogP contribution in [0.1, 0.15) is 33.6 Å². The number of hydrogen-bond acceptors (Lipinski definition) is 3. The van der Waals surface area contributed by atoms with E-state index >= 15 is 0 Å². The molecule has 0 radical (unpaired) electrons. The van der Waals surface area contributed by atoms with Crippen LogP contribution in [-0.4, -0.2) is 29.7 Å². The molecule has 1 amide bonds. The first-order valence-corrected chi connectivity index (χ1v) is 5.20. The maximum absolute atomic E-state index is 11.3. The van der Waals surface area contributed by atoms with E-state index in [0.717, 1.165) is 6.42 Å². The van der Waals surface area contributed by atoms with Crippen LogP contribution in [0.3, 0.4) is 0 Å². The highest BCUT2D eigenvalue weighted by Gasteiger charge is 2.17. The highest BCUT2D eigenvalue weighted by molar-refractivity contribution is 5.81. The van der Waals surface area contributed by atoms with Crippen LogP contribution in [-0.2, 0) is 4.79 Å². The molecule has 0 saturated carbocycles. The Morgan fingerprint density at radius 2 is 2.07 bits per heavy atom. The van der Waals surface area contributed by atoms with Crippen LogP contribution < -0.4 is 11.1 Å². The van der Waals surface area contributed by atoms with E-state index in [-0.39, 0.29) is 11.8 Å². The van der Waals surface area contributed by atoms with Crippen molar-refractivity contribution in [3.8, 4) is 0 Å². The van der Waals surface area contributed by atoms with Crippen molar-refractivity contribution >= 4 is 5.91 Å². The van der Waals surface area contributed by atoms with Crippen molar-refractivity contribution in [2.45, 2.75) is 45.8 Å². The molecule has 0 aliphatic carbocycles. The van der Waals surface area contributed by atoms with Crippen LogP contribution in [0, 0.1) is 5.92 Å². The molecule has 4 N–H and O–H groups in total. The van der Waals surface area contributed by atoms with Crippen LogP contribution >= 0.6 is 0 Å². The molecule has 0 aliphatic heterocycles. The first-order chi connectivity index (χ1) is 6.49. The summed E-state index contributed by atoms with van der Waals surface area (Å²) in [6.07, 6.45) is 1.16. The molecular formula is C10H22N2O2. The zero-order chi connectivity index (χ0) is 11.1. The molecule has 4 heteroatoms. The fourth-order valence-corrected chi connectivity index (χ4v) is 1.07. The average Bonchev–Trinajstić information content (AvgIpc) is 2.13. The SMILES string of the molecule is CCCC(O)CNC(=O)[C@@H](N)C(C)C. The van der Waals surface area contributed by atoms with Crippen LogP contribution in [0.25, 0.3) is 0 Å². The molecular weight excluding hydrogens is 180 g/mol. The van der Waals surface area contributed by atoms with Crippen molar-refractivity contribution < 1.29 is 9.90 Å². The molecule has 84 valence electrons. The quantitative estimate of drug-likeness (QED) is 0.578. The Bertz CT molecular complexity index is 172. The second-order valence-electron chi connectivity index (χ2n) is 3.96. The fraction of sp³-hybridized carbons (Fsp3) is 0.900. The largest absolute Gasteiger partial charge is 0.391 e. The Balaban J connectivity index is 3.73. The summed E-state index contributed by atoms with van der Waals surface area (Å²) >= 11 is 0. The standard InChI is InChI=1S/C10H22N2O2/c1-4-5-8(13)6-12-10(14)9(11)7(2)3/h7-9,13H,4-6,11H2,1-3H3,(H,12,14)/t8?,9-/m0/s1. The van der Waals surface area contributed by atoms with E-state index in [4.69, 9.17) is 5.73 Å². The first kappa shape index (κ1) is 13.4. The van der Waals surface area contributed by atoms with E-state index in [1.807, 2.05) is 20.8 Å². The molecule has 0 fully saturated rings. The topological polar surface area (TPSA) is 75.3 Å². The minimum absolute atomic E-state index is 0.123. The predicted molar refractivity (Wildman–Crippen MR) is 56.7 cm³/mol. The van der Waals surface area contributed by atoms with Crippen molar-refractivity contribution in [2.24, 2.45) is 11.7 Å². The van der Waals surface area contributed by atoms with Gasteiger partial charge in [-0.1, -0.05) is 27.2 Å². The zero-order valence-electron chi connectivity index (χ0n) is 9.29. The molecule has 1 unspecified atom stereocenters.